The van der Waals surface area contributed by atoms with E-state index >= 15 is 0 Å². The highest BCUT2D eigenvalue weighted by Crippen LogP contribution is 2.16. The van der Waals surface area contributed by atoms with Crippen LogP contribution in [0.5, 0.6) is 5.75 Å². The third-order valence-corrected chi connectivity index (χ3v) is 3.45. The van der Waals surface area contributed by atoms with Crippen molar-refractivity contribution in [3.63, 3.8) is 0 Å². The Labute approximate surface area is 125 Å². The van der Waals surface area contributed by atoms with Gasteiger partial charge in [0.15, 0.2) is 0 Å². The lowest BCUT2D eigenvalue weighted by Gasteiger charge is -2.09. The maximum Gasteiger partial charge on any atom is 0.119 e. The molecule has 0 aliphatic heterocycles. The molecule has 20 heavy (non-hydrogen) atoms. The van der Waals surface area contributed by atoms with E-state index in [1.807, 2.05) is 0 Å². The molecular weight excluding hydrogens is 244 g/mol. The first-order valence-corrected chi connectivity index (χ1v) is 8.14. The van der Waals surface area contributed by atoms with Gasteiger partial charge in [-0.15, -0.1) is 0 Å². The van der Waals surface area contributed by atoms with E-state index < -0.39 is 0 Å². The summed E-state index contributed by atoms with van der Waals surface area (Å²) in [5, 5.41) is 0. The third-order valence-electron chi connectivity index (χ3n) is 3.45. The molecule has 1 atom stereocenters. The summed E-state index contributed by atoms with van der Waals surface area (Å²) in [7, 11) is 0. The molecule has 0 heterocycles. The highest BCUT2D eigenvalue weighted by atomic mass is 16.5. The average Bonchev–Trinajstić information content (AvgIpc) is 2.46. The minimum Gasteiger partial charge on any atom is -0.494 e. The summed E-state index contributed by atoms with van der Waals surface area (Å²) in [6.45, 7) is 7.52. The minimum atomic E-state index is 0.607. The molecule has 1 aromatic rings. The highest BCUT2D eigenvalue weighted by molar-refractivity contribution is 5.27. The van der Waals surface area contributed by atoms with Gasteiger partial charge < -0.3 is 4.74 Å². The smallest absolute Gasteiger partial charge is 0.119 e. The van der Waals surface area contributed by atoms with E-state index in [9.17, 15) is 0 Å². The summed E-state index contributed by atoms with van der Waals surface area (Å²) < 4.78 is 5.76. The predicted molar refractivity (Wildman–Crippen MR) is 88.4 cm³/mol. The van der Waals surface area contributed by atoms with E-state index in [2.05, 4.69) is 57.2 Å². The summed E-state index contributed by atoms with van der Waals surface area (Å²) in [5.41, 5.74) is 1.39. The third kappa shape index (κ3) is 7.37. The molecule has 1 unspecified atom stereocenters. The molecule has 0 fully saturated rings. The van der Waals surface area contributed by atoms with Crippen LogP contribution in [0.2, 0.25) is 0 Å². The van der Waals surface area contributed by atoms with E-state index in [1.54, 1.807) is 0 Å². The highest BCUT2D eigenvalue weighted by Gasteiger charge is 2.00. The maximum atomic E-state index is 5.76. The van der Waals surface area contributed by atoms with Gasteiger partial charge in [-0.25, -0.2) is 0 Å². The molecule has 0 spiro atoms. The van der Waals surface area contributed by atoms with Gasteiger partial charge in [0, 0.05) is 0 Å². The van der Waals surface area contributed by atoms with Gasteiger partial charge >= 0.3 is 0 Å². The molecule has 0 radical (unpaired) electrons. The number of benzene rings is 1. The predicted octanol–water partition coefficient (Wildman–Crippen LogP) is 5.79. The lowest BCUT2D eigenvalue weighted by atomic mass is 10.0. The molecule has 0 aliphatic carbocycles. The molecule has 0 saturated carbocycles. The van der Waals surface area contributed by atoms with Gasteiger partial charge in [-0.1, -0.05) is 64.3 Å². The van der Waals surface area contributed by atoms with Crippen molar-refractivity contribution in [3.8, 4) is 5.75 Å². The molecule has 1 rings (SSSR count). The largest absolute Gasteiger partial charge is 0.494 e. The Morgan fingerprint density at radius 3 is 2.45 bits per heavy atom. The standard InChI is InChI=1S/C19H30O/c1-4-6-8-9-15-20-19-13-11-18(12-14-19)16-17(3)10-7-5-2/h7,10-14,17H,4-6,8-9,15-16H2,1-3H3/b10-7-. The van der Waals surface area contributed by atoms with Gasteiger partial charge in [0.05, 0.1) is 6.61 Å². The van der Waals surface area contributed by atoms with Crippen molar-refractivity contribution in [2.24, 2.45) is 5.92 Å². The number of rotatable bonds is 10. The average molecular weight is 274 g/mol. The second-order valence-corrected chi connectivity index (χ2v) is 5.57. The van der Waals surface area contributed by atoms with Crippen molar-refractivity contribution >= 4 is 0 Å². The first kappa shape index (κ1) is 16.8. The Kier molecular flexibility index (Phi) is 8.86. The van der Waals surface area contributed by atoms with Gasteiger partial charge in [-0.05, 0) is 42.9 Å². The van der Waals surface area contributed by atoms with Crippen molar-refractivity contribution in [2.45, 2.75) is 59.3 Å². The Balaban J connectivity index is 2.31. The fourth-order valence-electron chi connectivity index (χ4n) is 2.25. The van der Waals surface area contributed by atoms with Gasteiger partial charge in [0.2, 0.25) is 0 Å². The van der Waals surface area contributed by atoms with Gasteiger partial charge in [0.25, 0.3) is 0 Å². The Hall–Kier alpha value is -1.24. The van der Waals surface area contributed by atoms with Gasteiger partial charge in [-0.2, -0.15) is 0 Å². The summed E-state index contributed by atoms with van der Waals surface area (Å²) in [6.07, 6.45) is 11.8. The SMILES string of the molecule is CC/C=C\C(C)Cc1ccc(OCCCCCC)cc1. The van der Waals surface area contributed by atoms with Crippen molar-refractivity contribution in [1.82, 2.24) is 0 Å². The molecule has 1 heteroatoms. The van der Waals surface area contributed by atoms with Crippen molar-refractivity contribution in [2.75, 3.05) is 6.61 Å². The van der Waals surface area contributed by atoms with Crippen molar-refractivity contribution < 1.29 is 4.74 Å². The molecule has 0 amide bonds. The summed E-state index contributed by atoms with van der Waals surface area (Å²) >= 11 is 0. The van der Waals surface area contributed by atoms with Crippen LogP contribution in [0, 0.1) is 5.92 Å². The molecular formula is C19H30O. The topological polar surface area (TPSA) is 9.23 Å². The second kappa shape index (κ2) is 10.5. The fourth-order valence-corrected chi connectivity index (χ4v) is 2.25. The van der Waals surface area contributed by atoms with E-state index in [4.69, 9.17) is 4.74 Å². The zero-order valence-electron chi connectivity index (χ0n) is 13.4. The van der Waals surface area contributed by atoms with E-state index in [0.717, 1.165) is 31.6 Å². The van der Waals surface area contributed by atoms with Crippen LogP contribution in [0.25, 0.3) is 0 Å². The molecule has 112 valence electrons. The van der Waals surface area contributed by atoms with E-state index in [1.165, 1.54) is 24.8 Å². The molecule has 1 nitrogen and oxygen atoms in total. The Morgan fingerprint density at radius 2 is 1.80 bits per heavy atom. The molecule has 1 aromatic carbocycles. The van der Waals surface area contributed by atoms with Crippen LogP contribution in [0.1, 0.15) is 58.4 Å². The quantitative estimate of drug-likeness (QED) is 0.387. The normalized spacial score (nSPS) is 12.8. The monoisotopic (exact) mass is 274 g/mol. The Bertz CT molecular complexity index is 364. The van der Waals surface area contributed by atoms with Gasteiger partial charge in [0.1, 0.15) is 5.75 Å². The van der Waals surface area contributed by atoms with Crippen LogP contribution in [0.3, 0.4) is 0 Å². The zero-order valence-corrected chi connectivity index (χ0v) is 13.4. The van der Waals surface area contributed by atoms with Crippen molar-refractivity contribution in [1.29, 1.82) is 0 Å². The summed E-state index contributed by atoms with van der Waals surface area (Å²) in [5.74, 6) is 1.61. The first-order valence-electron chi connectivity index (χ1n) is 8.14. The van der Waals surface area contributed by atoms with E-state index in [-0.39, 0.29) is 0 Å². The second-order valence-electron chi connectivity index (χ2n) is 5.57. The fraction of sp³-hybridized carbons (Fsp3) is 0.579. The summed E-state index contributed by atoms with van der Waals surface area (Å²) in [4.78, 5) is 0. The van der Waals surface area contributed by atoms with Gasteiger partial charge in [-0.3, -0.25) is 0 Å². The number of hydrogen-bond donors (Lipinski definition) is 0. The van der Waals surface area contributed by atoms with Crippen LogP contribution in [-0.4, -0.2) is 6.61 Å². The lowest BCUT2D eigenvalue weighted by molar-refractivity contribution is 0.305. The molecule has 0 aromatic heterocycles. The zero-order chi connectivity index (χ0) is 14.6. The molecule has 0 saturated heterocycles. The Morgan fingerprint density at radius 1 is 1.05 bits per heavy atom. The number of unbranched alkanes of at least 4 members (excludes halogenated alkanes) is 3. The van der Waals surface area contributed by atoms with Crippen LogP contribution < -0.4 is 4.74 Å². The first-order chi connectivity index (χ1) is 9.76. The maximum absolute atomic E-state index is 5.76. The molecule has 0 bridgehead atoms. The van der Waals surface area contributed by atoms with Crippen LogP contribution >= 0.6 is 0 Å². The summed E-state index contributed by atoms with van der Waals surface area (Å²) in [6, 6.07) is 8.59. The molecule has 0 N–H and O–H groups in total. The molecule has 0 aliphatic rings. The lowest BCUT2D eigenvalue weighted by Crippen LogP contribution is -1.99. The number of ether oxygens (including phenoxy) is 1. The minimum absolute atomic E-state index is 0.607. The van der Waals surface area contributed by atoms with Crippen LogP contribution in [0.4, 0.5) is 0 Å². The van der Waals surface area contributed by atoms with Crippen LogP contribution in [0.15, 0.2) is 36.4 Å². The van der Waals surface area contributed by atoms with E-state index in [0.29, 0.717) is 5.92 Å². The number of allylic oxidation sites excluding steroid dienone is 2. The number of hydrogen-bond acceptors (Lipinski definition) is 1. The van der Waals surface area contributed by atoms with Crippen molar-refractivity contribution in [3.05, 3.63) is 42.0 Å². The van der Waals surface area contributed by atoms with Crippen LogP contribution in [-0.2, 0) is 6.42 Å².